The Morgan fingerprint density at radius 1 is 1.19 bits per heavy atom. The molecule has 1 aliphatic rings. The fraction of sp³-hybridized carbons (Fsp3) is 0.263. The van der Waals surface area contributed by atoms with Crippen molar-refractivity contribution in [2.75, 3.05) is 0 Å². The summed E-state index contributed by atoms with van der Waals surface area (Å²) in [6.07, 6.45) is 2.80. The number of nitrogens with two attached hydrogens (primary N) is 1. The van der Waals surface area contributed by atoms with Gasteiger partial charge in [0.05, 0.1) is 10.6 Å². The second-order valence-corrected chi connectivity index (χ2v) is 8.04. The van der Waals surface area contributed by atoms with Gasteiger partial charge in [-0.1, -0.05) is 47.1 Å². The van der Waals surface area contributed by atoms with Crippen LogP contribution in [-0.4, -0.2) is 10.1 Å². The Hall–Kier alpha value is -1.89. The number of benzene rings is 2. The fourth-order valence-corrected chi connectivity index (χ4v) is 4.24. The molecule has 1 heterocycles. The van der Waals surface area contributed by atoms with Crippen molar-refractivity contribution in [3.05, 3.63) is 76.6 Å². The second-order valence-electron chi connectivity index (χ2n) is 6.45. The zero-order valence-electron chi connectivity index (χ0n) is 13.9. The van der Waals surface area contributed by atoms with E-state index in [4.69, 9.17) is 21.9 Å². The lowest BCUT2D eigenvalue weighted by molar-refractivity contribution is 0.229. The van der Waals surface area contributed by atoms with Gasteiger partial charge in [-0.05, 0) is 43.0 Å². The van der Waals surface area contributed by atoms with Crippen LogP contribution in [0.25, 0.3) is 0 Å². The van der Waals surface area contributed by atoms with Crippen molar-refractivity contribution >= 4 is 23.4 Å². The zero-order valence-corrected chi connectivity index (χ0v) is 15.4. The highest BCUT2D eigenvalue weighted by Gasteiger charge is 2.39. The molecular formula is C19H17ClFN3OS. The molecule has 1 atom stereocenters. The van der Waals surface area contributed by atoms with Gasteiger partial charge in [-0.2, -0.15) is 4.98 Å². The largest absolute Gasteiger partial charge is 0.338 e. The number of thioether (sulfide) groups is 1. The van der Waals surface area contributed by atoms with Crippen LogP contribution in [0.1, 0.15) is 41.8 Å². The van der Waals surface area contributed by atoms with Crippen LogP contribution in [0.5, 0.6) is 0 Å². The van der Waals surface area contributed by atoms with Crippen LogP contribution >= 0.6 is 23.4 Å². The van der Waals surface area contributed by atoms with Crippen LogP contribution in [0.2, 0.25) is 5.02 Å². The molecular weight excluding hydrogens is 373 g/mol. The third-order valence-corrected chi connectivity index (χ3v) is 6.13. The quantitative estimate of drug-likeness (QED) is 0.616. The molecule has 134 valence electrons. The Balaban J connectivity index is 1.68. The maximum absolute atomic E-state index is 13.5. The van der Waals surface area contributed by atoms with E-state index >= 15 is 0 Å². The first-order valence-electron chi connectivity index (χ1n) is 8.35. The summed E-state index contributed by atoms with van der Waals surface area (Å²) in [7, 11) is 0. The van der Waals surface area contributed by atoms with E-state index < -0.39 is 11.4 Å². The molecule has 1 unspecified atom stereocenters. The molecule has 1 aliphatic carbocycles. The first-order chi connectivity index (χ1) is 12.5. The summed E-state index contributed by atoms with van der Waals surface area (Å²) in [4.78, 5) is 5.40. The Morgan fingerprint density at radius 2 is 1.96 bits per heavy atom. The average molecular weight is 390 g/mol. The molecule has 1 saturated carbocycles. The number of rotatable bonds is 5. The van der Waals surface area contributed by atoms with Gasteiger partial charge in [0.25, 0.3) is 0 Å². The van der Waals surface area contributed by atoms with Gasteiger partial charge < -0.3 is 10.3 Å². The Labute approximate surface area is 159 Å². The second kappa shape index (κ2) is 7.02. The zero-order chi connectivity index (χ0) is 18.1. The maximum atomic E-state index is 13.5. The van der Waals surface area contributed by atoms with Gasteiger partial charge in [0, 0.05) is 4.90 Å². The topological polar surface area (TPSA) is 64.9 Å². The fourth-order valence-electron chi connectivity index (χ4n) is 2.90. The predicted octanol–water partition coefficient (Wildman–Crippen LogP) is 5.08. The van der Waals surface area contributed by atoms with E-state index in [2.05, 4.69) is 10.1 Å². The smallest absolute Gasteiger partial charge is 0.244 e. The Bertz CT molecular complexity index is 914. The minimum atomic E-state index is -0.479. The minimum absolute atomic E-state index is 0.0865. The third-order valence-electron chi connectivity index (χ3n) is 4.60. The molecule has 4 nitrogen and oxygen atoms in total. The van der Waals surface area contributed by atoms with E-state index in [-0.39, 0.29) is 10.3 Å². The van der Waals surface area contributed by atoms with E-state index in [0.717, 1.165) is 29.7 Å². The summed E-state index contributed by atoms with van der Waals surface area (Å²) in [5.41, 5.74) is 6.84. The summed E-state index contributed by atoms with van der Waals surface area (Å²) in [5.74, 6) is 0.591. The monoisotopic (exact) mass is 389 g/mol. The Kier molecular flexibility index (Phi) is 4.73. The van der Waals surface area contributed by atoms with E-state index in [9.17, 15) is 4.39 Å². The van der Waals surface area contributed by atoms with Gasteiger partial charge in [0.2, 0.25) is 5.89 Å². The van der Waals surface area contributed by atoms with Crippen LogP contribution in [0.15, 0.2) is 57.9 Å². The number of aromatic nitrogens is 2. The molecule has 2 aromatic carbocycles. The number of hydrogen-bond acceptors (Lipinski definition) is 5. The highest BCUT2D eigenvalue weighted by atomic mass is 35.5. The molecule has 0 saturated heterocycles. The van der Waals surface area contributed by atoms with Crippen molar-refractivity contribution in [2.45, 2.75) is 34.9 Å². The summed E-state index contributed by atoms with van der Waals surface area (Å²) < 4.78 is 19.0. The standard InChI is InChI=1S/C19H17ClFN3OS/c20-14-11-13(7-8-15(14)21)26-16(12-5-2-1-3-6-12)17-23-18(24-25-17)19(22)9-4-10-19/h1-3,5-8,11,16H,4,9-10,22H2. The maximum Gasteiger partial charge on any atom is 0.244 e. The predicted molar refractivity (Wildman–Crippen MR) is 99.6 cm³/mol. The lowest BCUT2D eigenvalue weighted by atomic mass is 9.77. The lowest BCUT2D eigenvalue weighted by Gasteiger charge is -2.34. The molecule has 1 aromatic heterocycles. The van der Waals surface area contributed by atoms with Crippen LogP contribution in [0, 0.1) is 5.82 Å². The van der Waals surface area contributed by atoms with Crippen LogP contribution in [-0.2, 0) is 5.54 Å². The van der Waals surface area contributed by atoms with Crippen molar-refractivity contribution in [3.63, 3.8) is 0 Å². The molecule has 2 N–H and O–H groups in total. The van der Waals surface area contributed by atoms with Gasteiger partial charge in [-0.3, -0.25) is 0 Å². The highest BCUT2D eigenvalue weighted by molar-refractivity contribution is 7.99. The first kappa shape index (κ1) is 17.5. The van der Waals surface area contributed by atoms with E-state index in [1.165, 1.54) is 17.8 Å². The summed E-state index contributed by atoms with van der Waals surface area (Å²) >= 11 is 7.40. The number of halogens is 2. The molecule has 26 heavy (non-hydrogen) atoms. The van der Waals surface area contributed by atoms with Crippen molar-refractivity contribution in [3.8, 4) is 0 Å². The molecule has 0 amide bonds. The van der Waals surface area contributed by atoms with Crippen LogP contribution in [0.4, 0.5) is 4.39 Å². The van der Waals surface area contributed by atoms with Gasteiger partial charge in [-0.15, -0.1) is 11.8 Å². The molecule has 4 rings (SSSR count). The van der Waals surface area contributed by atoms with E-state index in [1.807, 2.05) is 30.3 Å². The summed E-state index contributed by atoms with van der Waals surface area (Å²) in [5, 5.41) is 3.97. The SMILES string of the molecule is NC1(c2noc(C(Sc3ccc(F)c(Cl)c3)c3ccccc3)n2)CCC1. The van der Waals surface area contributed by atoms with Crippen molar-refractivity contribution in [1.82, 2.24) is 10.1 Å². The molecule has 0 bridgehead atoms. The van der Waals surface area contributed by atoms with Gasteiger partial charge >= 0.3 is 0 Å². The molecule has 0 radical (unpaired) electrons. The van der Waals surface area contributed by atoms with E-state index in [0.29, 0.717) is 11.7 Å². The van der Waals surface area contributed by atoms with Crippen LogP contribution < -0.4 is 5.73 Å². The van der Waals surface area contributed by atoms with Crippen molar-refractivity contribution < 1.29 is 8.91 Å². The van der Waals surface area contributed by atoms with Crippen molar-refractivity contribution in [2.24, 2.45) is 5.73 Å². The molecule has 0 spiro atoms. The molecule has 1 fully saturated rings. The molecule has 3 aromatic rings. The number of hydrogen-bond donors (Lipinski definition) is 1. The molecule has 0 aliphatic heterocycles. The lowest BCUT2D eigenvalue weighted by Crippen LogP contribution is -2.44. The van der Waals surface area contributed by atoms with E-state index in [1.54, 1.807) is 12.1 Å². The summed E-state index contributed by atoms with van der Waals surface area (Å²) in [6.45, 7) is 0. The van der Waals surface area contributed by atoms with Crippen LogP contribution in [0.3, 0.4) is 0 Å². The number of nitrogens with zero attached hydrogens (tertiary/aromatic N) is 2. The van der Waals surface area contributed by atoms with Gasteiger partial charge in [0.1, 0.15) is 11.1 Å². The third kappa shape index (κ3) is 3.37. The normalized spacial score (nSPS) is 16.9. The van der Waals surface area contributed by atoms with Gasteiger partial charge in [-0.25, -0.2) is 4.39 Å². The first-order valence-corrected chi connectivity index (χ1v) is 9.60. The average Bonchev–Trinajstić information content (AvgIpc) is 3.11. The minimum Gasteiger partial charge on any atom is -0.338 e. The summed E-state index contributed by atoms with van der Waals surface area (Å²) in [6, 6.07) is 14.5. The van der Waals surface area contributed by atoms with Gasteiger partial charge in [0.15, 0.2) is 5.82 Å². The highest BCUT2D eigenvalue weighted by Crippen LogP contribution is 2.42. The Morgan fingerprint density at radius 3 is 2.62 bits per heavy atom. The molecule has 7 heteroatoms. The van der Waals surface area contributed by atoms with Crippen molar-refractivity contribution in [1.29, 1.82) is 0 Å².